The zero-order chi connectivity index (χ0) is 19.3. The van der Waals surface area contributed by atoms with Gasteiger partial charge in [0.2, 0.25) is 21.7 Å². The second-order valence-corrected chi connectivity index (χ2v) is 7.00. The lowest BCUT2D eigenvalue weighted by Crippen LogP contribution is -2.30. The molecule has 11 nitrogen and oxygen atoms in total. The third-order valence-corrected chi connectivity index (χ3v) is 5.67. The normalized spacial score (nSPS) is 11.4. The van der Waals surface area contributed by atoms with Crippen molar-refractivity contribution < 1.29 is 13.3 Å². The molecule has 0 radical (unpaired) electrons. The smallest absolute Gasteiger partial charge is 0.334 e. The van der Waals surface area contributed by atoms with Crippen LogP contribution in [0.2, 0.25) is 0 Å². The average molecular weight is 381 g/mol. The number of hydrazine groups is 1. The Balaban J connectivity index is 2.33. The fourth-order valence-corrected chi connectivity index (χ4v) is 3.77. The standard InChI is InChI=1S/C14H19N7O4S/c1-3-20(4-2)26(24,25)11-7-5-10(6-8-11)18-13-12(21(22)23)14(19-15)17-9-16-13/h5-9H,3-4,15H2,1-2H3,(H2,16,17,18,19). The summed E-state index contributed by atoms with van der Waals surface area (Å²) in [5, 5.41) is 14.0. The van der Waals surface area contributed by atoms with Gasteiger partial charge in [0.25, 0.3) is 0 Å². The van der Waals surface area contributed by atoms with E-state index in [1.807, 2.05) is 0 Å². The molecule has 0 spiro atoms. The van der Waals surface area contributed by atoms with E-state index in [9.17, 15) is 18.5 Å². The Morgan fingerprint density at radius 2 is 1.73 bits per heavy atom. The number of rotatable bonds is 8. The van der Waals surface area contributed by atoms with Crippen LogP contribution < -0.4 is 16.6 Å². The van der Waals surface area contributed by atoms with Crippen molar-refractivity contribution in [2.45, 2.75) is 18.7 Å². The van der Waals surface area contributed by atoms with E-state index in [4.69, 9.17) is 5.84 Å². The molecule has 2 aromatic rings. The Labute approximate surface area is 150 Å². The molecule has 0 aliphatic heterocycles. The van der Waals surface area contributed by atoms with Crippen LogP contribution in [-0.2, 0) is 10.0 Å². The zero-order valence-electron chi connectivity index (χ0n) is 14.2. The third-order valence-electron chi connectivity index (χ3n) is 3.60. The molecule has 26 heavy (non-hydrogen) atoms. The van der Waals surface area contributed by atoms with Crippen LogP contribution in [0.1, 0.15) is 13.8 Å². The second kappa shape index (κ2) is 8.03. The van der Waals surface area contributed by atoms with Crippen molar-refractivity contribution in [2.75, 3.05) is 23.8 Å². The van der Waals surface area contributed by atoms with Crippen molar-refractivity contribution in [1.82, 2.24) is 14.3 Å². The van der Waals surface area contributed by atoms with Crippen molar-refractivity contribution in [2.24, 2.45) is 5.84 Å². The van der Waals surface area contributed by atoms with Gasteiger partial charge in [-0.15, -0.1) is 0 Å². The Bertz CT molecular complexity index is 883. The molecule has 0 aliphatic carbocycles. The summed E-state index contributed by atoms with van der Waals surface area (Å²) in [7, 11) is -3.58. The highest BCUT2D eigenvalue weighted by atomic mass is 32.2. The van der Waals surface area contributed by atoms with Gasteiger partial charge in [-0.3, -0.25) is 10.1 Å². The summed E-state index contributed by atoms with van der Waals surface area (Å²) >= 11 is 0. The molecule has 0 bridgehead atoms. The molecular formula is C14H19N7O4S. The second-order valence-electron chi connectivity index (χ2n) is 5.06. The van der Waals surface area contributed by atoms with E-state index < -0.39 is 20.6 Å². The Hall–Kier alpha value is -2.83. The van der Waals surface area contributed by atoms with Gasteiger partial charge >= 0.3 is 5.69 Å². The van der Waals surface area contributed by atoms with Crippen LogP contribution >= 0.6 is 0 Å². The quantitative estimate of drug-likeness (QED) is 0.349. The number of nitro groups is 1. The summed E-state index contributed by atoms with van der Waals surface area (Å²) in [6.45, 7) is 4.24. The molecule has 2 rings (SSSR count). The largest absolute Gasteiger partial charge is 0.354 e. The molecule has 0 saturated carbocycles. The summed E-state index contributed by atoms with van der Waals surface area (Å²) in [5.74, 6) is 5.01. The zero-order valence-corrected chi connectivity index (χ0v) is 15.0. The number of sulfonamides is 1. The minimum atomic E-state index is -3.58. The van der Waals surface area contributed by atoms with Crippen LogP contribution in [0.4, 0.5) is 23.0 Å². The van der Waals surface area contributed by atoms with E-state index in [0.717, 1.165) is 6.33 Å². The van der Waals surface area contributed by atoms with Gasteiger partial charge in [0.15, 0.2) is 0 Å². The summed E-state index contributed by atoms with van der Waals surface area (Å²) < 4.78 is 26.3. The Morgan fingerprint density at radius 3 is 2.23 bits per heavy atom. The van der Waals surface area contributed by atoms with Crippen molar-refractivity contribution >= 4 is 33.0 Å². The van der Waals surface area contributed by atoms with Crippen LogP contribution in [0.25, 0.3) is 0 Å². The number of benzene rings is 1. The number of nitrogens with zero attached hydrogens (tertiary/aromatic N) is 4. The van der Waals surface area contributed by atoms with Gasteiger partial charge in [0, 0.05) is 18.8 Å². The highest BCUT2D eigenvalue weighted by molar-refractivity contribution is 7.89. The van der Waals surface area contributed by atoms with E-state index in [1.54, 1.807) is 13.8 Å². The lowest BCUT2D eigenvalue weighted by Gasteiger charge is -2.18. The number of hydrogen-bond donors (Lipinski definition) is 3. The highest BCUT2D eigenvalue weighted by Crippen LogP contribution is 2.30. The summed E-state index contributed by atoms with van der Waals surface area (Å²) in [6.07, 6.45) is 1.11. The maximum absolute atomic E-state index is 12.5. The summed E-state index contributed by atoms with van der Waals surface area (Å²) in [4.78, 5) is 18.2. The average Bonchev–Trinajstić information content (AvgIpc) is 2.62. The van der Waals surface area contributed by atoms with Gasteiger partial charge in [-0.25, -0.2) is 24.2 Å². The lowest BCUT2D eigenvalue weighted by molar-refractivity contribution is -0.383. The first-order chi connectivity index (χ1) is 12.3. The monoisotopic (exact) mass is 381 g/mol. The first-order valence-corrected chi connectivity index (χ1v) is 9.12. The van der Waals surface area contributed by atoms with Crippen molar-refractivity contribution in [3.05, 3.63) is 40.7 Å². The number of nitrogen functional groups attached to an aromatic ring is 1. The number of anilines is 3. The van der Waals surface area contributed by atoms with Crippen molar-refractivity contribution in [3.8, 4) is 0 Å². The SMILES string of the molecule is CCN(CC)S(=O)(=O)c1ccc(Nc2ncnc(NN)c2[N+](=O)[O-])cc1. The molecule has 0 fully saturated rings. The molecule has 1 aromatic carbocycles. The van der Waals surface area contributed by atoms with Crippen LogP contribution in [0, 0.1) is 10.1 Å². The maximum Gasteiger partial charge on any atom is 0.354 e. The number of aromatic nitrogens is 2. The first kappa shape index (κ1) is 19.5. The number of hydrogen-bond acceptors (Lipinski definition) is 9. The third kappa shape index (κ3) is 3.87. The van der Waals surface area contributed by atoms with Crippen LogP contribution in [-0.4, -0.2) is 40.7 Å². The minimum absolute atomic E-state index is 0.0719. The molecule has 0 saturated heterocycles. The fourth-order valence-electron chi connectivity index (χ4n) is 2.31. The molecule has 0 amide bonds. The van der Waals surface area contributed by atoms with Gasteiger partial charge in [0.05, 0.1) is 9.82 Å². The maximum atomic E-state index is 12.5. The molecule has 140 valence electrons. The van der Waals surface area contributed by atoms with Crippen molar-refractivity contribution in [1.29, 1.82) is 0 Å². The van der Waals surface area contributed by atoms with E-state index >= 15 is 0 Å². The van der Waals surface area contributed by atoms with Gasteiger partial charge in [0.1, 0.15) is 6.33 Å². The topological polar surface area (TPSA) is 156 Å². The number of nitrogens with one attached hydrogen (secondary N) is 2. The van der Waals surface area contributed by atoms with E-state index in [2.05, 4.69) is 20.7 Å². The number of nitrogens with two attached hydrogens (primary N) is 1. The fraction of sp³-hybridized carbons (Fsp3) is 0.286. The predicted octanol–water partition coefficient (Wildman–Crippen LogP) is 1.44. The van der Waals surface area contributed by atoms with Crippen molar-refractivity contribution in [3.63, 3.8) is 0 Å². The molecular weight excluding hydrogens is 362 g/mol. The van der Waals surface area contributed by atoms with Gasteiger partial charge in [-0.05, 0) is 24.3 Å². The molecule has 0 unspecified atom stereocenters. The minimum Gasteiger partial charge on any atom is -0.334 e. The first-order valence-electron chi connectivity index (χ1n) is 7.68. The Morgan fingerprint density at radius 1 is 1.15 bits per heavy atom. The highest BCUT2D eigenvalue weighted by Gasteiger charge is 2.24. The lowest BCUT2D eigenvalue weighted by atomic mass is 10.3. The molecule has 12 heteroatoms. The Kier molecular flexibility index (Phi) is 6.02. The van der Waals surface area contributed by atoms with E-state index in [1.165, 1.54) is 28.6 Å². The van der Waals surface area contributed by atoms with Gasteiger partial charge in [-0.1, -0.05) is 13.8 Å². The van der Waals surface area contributed by atoms with Crippen LogP contribution in [0.15, 0.2) is 35.5 Å². The van der Waals surface area contributed by atoms with E-state index in [0.29, 0.717) is 18.8 Å². The molecule has 1 heterocycles. The van der Waals surface area contributed by atoms with E-state index in [-0.39, 0.29) is 16.5 Å². The molecule has 0 atom stereocenters. The summed E-state index contributed by atoms with van der Waals surface area (Å²) in [6, 6.07) is 5.84. The van der Waals surface area contributed by atoms with Gasteiger partial charge < -0.3 is 10.7 Å². The molecule has 0 aliphatic rings. The predicted molar refractivity (Wildman–Crippen MR) is 96.3 cm³/mol. The molecule has 4 N–H and O–H groups in total. The summed E-state index contributed by atoms with van der Waals surface area (Å²) in [5.41, 5.74) is 2.14. The van der Waals surface area contributed by atoms with Gasteiger partial charge in [-0.2, -0.15) is 4.31 Å². The molecule has 1 aromatic heterocycles. The van der Waals surface area contributed by atoms with Crippen LogP contribution in [0.3, 0.4) is 0 Å². The van der Waals surface area contributed by atoms with Crippen LogP contribution in [0.5, 0.6) is 0 Å².